The van der Waals surface area contributed by atoms with E-state index in [2.05, 4.69) is 32.9 Å². The normalized spacial score (nSPS) is 25.2. The summed E-state index contributed by atoms with van der Waals surface area (Å²) >= 11 is 0. The summed E-state index contributed by atoms with van der Waals surface area (Å²) in [5.74, 6) is 2.09. The first-order chi connectivity index (χ1) is 17.4. The molecule has 1 aromatic heterocycles. The molecule has 5 aliphatic rings. The summed E-state index contributed by atoms with van der Waals surface area (Å²) in [7, 11) is -3.20. The van der Waals surface area contributed by atoms with Crippen LogP contribution < -0.4 is 9.80 Å². The minimum atomic E-state index is -3.20. The molecule has 192 valence electrons. The molecular formula is C26H34N6O3S. The molecule has 2 aliphatic heterocycles. The molecule has 0 unspecified atom stereocenters. The average Bonchev–Trinajstić information content (AvgIpc) is 3.74. The number of anilines is 2. The second-order valence-corrected chi connectivity index (χ2v) is 13.0. The van der Waals surface area contributed by atoms with E-state index < -0.39 is 10.0 Å². The maximum atomic E-state index is 12.9. The van der Waals surface area contributed by atoms with Crippen molar-refractivity contribution in [2.75, 3.05) is 61.4 Å². The number of piperazine rings is 2. The number of nitrogens with zero attached hydrogens (tertiary/aromatic N) is 6. The molecule has 6 rings (SSSR count). The molecule has 0 bridgehead atoms. The third-order valence-electron chi connectivity index (χ3n) is 8.26. The predicted molar refractivity (Wildman–Crippen MR) is 137 cm³/mol. The molecule has 0 spiro atoms. The number of hydrogen-bond acceptors (Lipinski definition) is 7. The summed E-state index contributed by atoms with van der Waals surface area (Å²) < 4.78 is 26.2. The first-order valence-corrected chi connectivity index (χ1v) is 14.9. The molecule has 3 heterocycles. The lowest BCUT2D eigenvalue weighted by Crippen LogP contribution is -2.57. The Kier molecular flexibility index (Phi) is 5.96. The van der Waals surface area contributed by atoms with Gasteiger partial charge < -0.3 is 14.7 Å². The van der Waals surface area contributed by atoms with E-state index in [0.29, 0.717) is 56.7 Å². The van der Waals surface area contributed by atoms with Gasteiger partial charge in [0.2, 0.25) is 15.9 Å². The van der Waals surface area contributed by atoms with Crippen molar-refractivity contribution in [2.45, 2.75) is 44.6 Å². The summed E-state index contributed by atoms with van der Waals surface area (Å²) in [6, 6.07) is 4.54. The van der Waals surface area contributed by atoms with Gasteiger partial charge in [0.05, 0.1) is 28.7 Å². The van der Waals surface area contributed by atoms with Gasteiger partial charge in [-0.3, -0.25) is 4.79 Å². The third-order valence-corrected chi connectivity index (χ3v) is 10.1. The van der Waals surface area contributed by atoms with Crippen molar-refractivity contribution in [2.24, 2.45) is 11.8 Å². The molecule has 0 N–H and O–H groups in total. The van der Waals surface area contributed by atoms with Crippen LogP contribution in [0.5, 0.6) is 0 Å². The number of carbonyl (C=O) groups excluding carboxylic acids is 1. The Morgan fingerprint density at radius 1 is 1.06 bits per heavy atom. The van der Waals surface area contributed by atoms with Crippen LogP contribution in [0.1, 0.15) is 49.8 Å². The van der Waals surface area contributed by atoms with Crippen molar-refractivity contribution in [1.82, 2.24) is 14.2 Å². The summed E-state index contributed by atoms with van der Waals surface area (Å²) in [5, 5.41) is 10.1. The Balaban J connectivity index is 1.25. The zero-order valence-corrected chi connectivity index (χ0v) is 21.7. The highest BCUT2D eigenvalue weighted by atomic mass is 32.2. The Hall–Kier alpha value is -2.64. The smallest absolute Gasteiger partial charge is 0.226 e. The lowest BCUT2D eigenvalue weighted by Gasteiger charge is -2.43. The molecule has 0 aromatic carbocycles. The van der Waals surface area contributed by atoms with Gasteiger partial charge in [-0.25, -0.2) is 13.4 Å². The highest BCUT2D eigenvalue weighted by Gasteiger charge is 2.45. The highest BCUT2D eigenvalue weighted by molar-refractivity contribution is 7.89. The summed E-state index contributed by atoms with van der Waals surface area (Å²) in [5.41, 5.74) is 2.42. The quantitative estimate of drug-likeness (QED) is 0.517. The zero-order chi connectivity index (χ0) is 25.0. The van der Waals surface area contributed by atoms with E-state index in [0.717, 1.165) is 36.6 Å². The number of rotatable bonds is 7. The maximum Gasteiger partial charge on any atom is 0.226 e. The number of pyridine rings is 1. The van der Waals surface area contributed by atoms with Gasteiger partial charge in [0.15, 0.2) is 0 Å². The number of sulfonamides is 1. The molecule has 10 heteroatoms. The van der Waals surface area contributed by atoms with Crippen LogP contribution in [0.2, 0.25) is 0 Å². The fourth-order valence-electron chi connectivity index (χ4n) is 5.68. The summed E-state index contributed by atoms with van der Waals surface area (Å²) in [6.07, 6.45) is 8.60. The van der Waals surface area contributed by atoms with Crippen molar-refractivity contribution in [3.05, 3.63) is 29.5 Å². The van der Waals surface area contributed by atoms with Crippen LogP contribution in [-0.4, -0.2) is 86.1 Å². The van der Waals surface area contributed by atoms with Crippen molar-refractivity contribution in [3.63, 3.8) is 0 Å². The van der Waals surface area contributed by atoms with E-state index in [-0.39, 0.29) is 23.6 Å². The fraction of sp³-hybridized carbons (Fsp3) is 0.654. The second-order valence-electron chi connectivity index (χ2n) is 10.7. The van der Waals surface area contributed by atoms with Crippen LogP contribution in [0.25, 0.3) is 0 Å². The van der Waals surface area contributed by atoms with Gasteiger partial charge in [-0.05, 0) is 44.6 Å². The largest absolute Gasteiger partial charge is 0.367 e. The van der Waals surface area contributed by atoms with Gasteiger partial charge >= 0.3 is 0 Å². The van der Waals surface area contributed by atoms with E-state index in [1.807, 2.05) is 6.07 Å². The number of aromatic nitrogens is 1. The van der Waals surface area contributed by atoms with Crippen molar-refractivity contribution >= 4 is 27.4 Å². The van der Waals surface area contributed by atoms with E-state index in [1.54, 1.807) is 11.2 Å². The third kappa shape index (κ3) is 4.48. The van der Waals surface area contributed by atoms with Crippen LogP contribution in [0.4, 0.5) is 11.5 Å². The average molecular weight is 511 g/mol. The van der Waals surface area contributed by atoms with Crippen molar-refractivity contribution in [3.8, 4) is 6.07 Å². The van der Waals surface area contributed by atoms with Crippen LogP contribution in [0, 0.1) is 23.2 Å². The minimum absolute atomic E-state index is 0.112. The number of nitriles is 1. The lowest BCUT2D eigenvalue weighted by atomic mass is 10.0. The molecular weight excluding hydrogens is 476 g/mol. The first kappa shape index (κ1) is 23.7. The van der Waals surface area contributed by atoms with E-state index in [9.17, 15) is 18.5 Å². The maximum absolute atomic E-state index is 12.9. The van der Waals surface area contributed by atoms with Crippen LogP contribution in [0.3, 0.4) is 0 Å². The van der Waals surface area contributed by atoms with Crippen LogP contribution in [0.15, 0.2) is 18.2 Å². The topological polar surface area (TPSA) is 101 Å². The van der Waals surface area contributed by atoms with Crippen LogP contribution >= 0.6 is 0 Å². The highest BCUT2D eigenvalue weighted by Crippen LogP contribution is 2.42. The Bertz CT molecular complexity index is 1220. The molecule has 2 saturated carbocycles. The standard InChI is InChI=1S/C26H34N6O3S/c1-2-36(34,35)31-12-9-29(10-13-31)22-15-21(16-27)25(28-24(22)19-5-6-19)30-11-14-32(26(33)20-7-8-20)23(17-30)18-3-4-18/h5-6,15,18-20,23H,2-4,7-14,17H2,1H3/t23-/m0/s1. The first-order valence-electron chi connectivity index (χ1n) is 13.3. The van der Waals surface area contributed by atoms with Gasteiger partial charge in [0, 0.05) is 57.6 Å². The Morgan fingerprint density at radius 3 is 2.33 bits per heavy atom. The van der Waals surface area contributed by atoms with Gasteiger partial charge in [-0.2, -0.15) is 9.57 Å². The molecule has 0 radical (unpaired) electrons. The van der Waals surface area contributed by atoms with Gasteiger partial charge in [0.25, 0.3) is 0 Å². The molecule has 2 saturated heterocycles. The van der Waals surface area contributed by atoms with E-state index in [4.69, 9.17) is 4.98 Å². The molecule has 1 atom stereocenters. The van der Waals surface area contributed by atoms with Gasteiger partial charge in [-0.15, -0.1) is 0 Å². The van der Waals surface area contributed by atoms with Gasteiger partial charge in [-0.1, -0.05) is 12.2 Å². The second kappa shape index (κ2) is 9.03. The monoisotopic (exact) mass is 510 g/mol. The number of allylic oxidation sites excluding steroid dienone is 2. The molecule has 3 aliphatic carbocycles. The van der Waals surface area contributed by atoms with Crippen molar-refractivity contribution in [1.29, 1.82) is 5.26 Å². The molecule has 36 heavy (non-hydrogen) atoms. The Labute approximate surface area is 213 Å². The SMILES string of the molecule is CCS(=O)(=O)N1CCN(c2cc(C#N)c(N3CCN(C(=O)C4CC4)[C@H](C4CC4)C3)nc2C2C=C2)CC1. The predicted octanol–water partition coefficient (Wildman–Crippen LogP) is 1.92. The zero-order valence-electron chi connectivity index (χ0n) is 20.8. The number of hydrogen-bond donors (Lipinski definition) is 0. The van der Waals surface area contributed by atoms with E-state index in [1.165, 1.54) is 12.8 Å². The van der Waals surface area contributed by atoms with E-state index >= 15 is 0 Å². The minimum Gasteiger partial charge on any atom is -0.367 e. The summed E-state index contributed by atoms with van der Waals surface area (Å²) in [4.78, 5) is 24.5. The molecule has 4 fully saturated rings. The summed E-state index contributed by atoms with van der Waals surface area (Å²) in [6.45, 7) is 5.83. The molecule has 1 aromatic rings. The molecule has 1 amide bonds. The van der Waals surface area contributed by atoms with Gasteiger partial charge in [0.1, 0.15) is 11.9 Å². The van der Waals surface area contributed by atoms with Crippen LogP contribution in [-0.2, 0) is 14.8 Å². The van der Waals surface area contributed by atoms with Crippen molar-refractivity contribution < 1.29 is 13.2 Å². The number of carbonyl (C=O) groups is 1. The molecule has 9 nitrogen and oxygen atoms in total. The Morgan fingerprint density at radius 2 is 1.75 bits per heavy atom. The fourth-order valence-corrected chi connectivity index (χ4v) is 6.77. The number of amides is 1. The lowest BCUT2D eigenvalue weighted by molar-refractivity contribution is -0.135.